The summed E-state index contributed by atoms with van der Waals surface area (Å²) in [5.74, 6) is -0.939. The summed E-state index contributed by atoms with van der Waals surface area (Å²) in [6.07, 6.45) is 1.77. The fourth-order valence-electron chi connectivity index (χ4n) is 0.830. The molecule has 0 unspecified atom stereocenters. The van der Waals surface area contributed by atoms with Gasteiger partial charge >= 0.3 is 5.97 Å². The highest BCUT2D eigenvalue weighted by Crippen LogP contribution is 2.11. The molecule has 1 aromatic carbocycles. The molecule has 0 saturated heterocycles. The number of thiazole rings is 1. The van der Waals surface area contributed by atoms with Gasteiger partial charge in [0.05, 0.1) is 11.1 Å². The van der Waals surface area contributed by atoms with Crippen molar-refractivity contribution in [3.8, 4) is 0 Å². The van der Waals surface area contributed by atoms with Crippen molar-refractivity contribution in [2.45, 2.75) is 4.90 Å². The third-order valence-corrected chi connectivity index (χ3v) is 2.39. The van der Waals surface area contributed by atoms with Crippen LogP contribution in [0.15, 0.2) is 46.2 Å². The second-order valence-electron chi connectivity index (χ2n) is 2.50. The maximum atomic E-state index is 10.4. The van der Waals surface area contributed by atoms with Crippen LogP contribution in [0.25, 0.3) is 0 Å². The van der Waals surface area contributed by atoms with Crippen LogP contribution in [0, 0.1) is 0 Å². The monoisotopic (exact) mass is 239 g/mol. The van der Waals surface area contributed by atoms with Gasteiger partial charge in [-0.15, -0.1) is 24.0 Å². The van der Waals surface area contributed by atoms with Gasteiger partial charge in [0.1, 0.15) is 0 Å². The smallest absolute Gasteiger partial charge is 0.336 e. The molecule has 0 aliphatic carbocycles. The van der Waals surface area contributed by atoms with E-state index in [0.29, 0.717) is 4.90 Å². The molecule has 0 atom stereocenters. The Morgan fingerprint density at radius 3 is 2.47 bits per heavy atom. The Balaban J connectivity index is 0.000000187. The van der Waals surface area contributed by atoms with Crippen LogP contribution in [0.5, 0.6) is 0 Å². The van der Waals surface area contributed by atoms with E-state index in [4.69, 9.17) is 5.11 Å². The molecule has 0 fully saturated rings. The summed E-state index contributed by atoms with van der Waals surface area (Å²) < 4.78 is 0. The van der Waals surface area contributed by atoms with Gasteiger partial charge in [-0.25, -0.2) is 4.79 Å². The van der Waals surface area contributed by atoms with Crippen molar-refractivity contribution in [1.82, 2.24) is 4.98 Å². The van der Waals surface area contributed by atoms with Gasteiger partial charge in [0, 0.05) is 16.5 Å². The van der Waals surface area contributed by atoms with E-state index in [1.165, 1.54) is 6.07 Å². The first kappa shape index (κ1) is 11.7. The molecule has 1 N–H and O–H groups in total. The topological polar surface area (TPSA) is 50.2 Å². The van der Waals surface area contributed by atoms with E-state index in [0.717, 1.165) is 0 Å². The Morgan fingerprint density at radius 1 is 1.40 bits per heavy atom. The quantitative estimate of drug-likeness (QED) is 0.752. The number of rotatable bonds is 1. The van der Waals surface area contributed by atoms with Gasteiger partial charge in [0.25, 0.3) is 0 Å². The maximum Gasteiger partial charge on any atom is 0.336 e. The molecule has 0 aliphatic rings. The number of carboxylic acids is 1. The summed E-state index contributed by atoms with van der Waals surface area (Å²) in [5, 5.41) is 10.4. The van der Waals surface area contributed by atoms with Gasteiger partial charge < -0.3 is 5.11 Å². The average molecular weight is 239 g/mol. The van der Waals surface area contributed by atoms with Crippen LogP contribution in [0.3, 0.4) is 0 Å². The molecule has 0 aliphatic heterocycles. The van der Waals surface area contributed by atoms with Gasteiger partial charge in [-0.1, -0.05) is 12.1 Å². The van der Waals surface area contributed by atoms with E-state index in [1.807, 2.05) is 5.38 Å². The largest absolute Gasteiger partial charge is 0.478 e. The van der Waals surface area contributed by atoms with E-state index in [-0.39, 0.29) is 5.56 Å². The summed E-state index contributed by atoms with van der Waals surface area (Å²) in [7, 11) is 0. The molecule has 5 heteroatoms. The van der Waals surface area contributed by atoms with Gasteiger partial charge in [-0.2, -0.15) is 0 Å². The second-order valence-corrected chi connectivity index (χ2v) is 3.73. The highest BCUT2D eigenvalue weighted by molar-refractivity contribution is 7.80. The predicted octanol–water partition coefficient (Wildman–Crippen LogP) is 2.82. The average Bonchev–Trinajstić information content (AvgIpc) is 2.75. The molecule has 0 bridgehead atoms. The van der Waals surface area contributed by atoms with Crippen molar-refractivity contribution in [1.29, 1.82) is 0 Å². The van der Waals surface area contributed by atoms with Crippen molar-refractivity contribution >= 4 is 29.9 Å². The van der Waals surface area contributed by atoms with Crippen LogP contribution < -0.4 is 0 Å². The molecule has 78 valence electrons. The molecule has 3 nitrogen and oxygen atoms in total. The number of carbonyl (C=O) groups is 1. The zero-order valence-electron chi connectivity index (χ0n) is 7.70. The summed E-state index contributed by atoms with van der Waals surface area (Å²) in [4.78, 5) is 14.6. The number of hydrogen-bond acceptors (Lipinski definition) is 4. The van der Waals surface area contributed by atoms with E-state index < -0.39 is 5.97 Å². The van der Waals surface area contributed by atoms with Crippen molar-refractivity contribution in [2.24, 2.45) is 0 Å². The first-order chi connectivity index (χ1) is 7.22. The maximum absolute atomic E-state index is 10.4. The Bertz CT molecular complexity index is 398. The molecule has 0 saturated carbocycles. The lowest BCUT2D eigenvalue weighted by molar-refractivity contribution is 0.0693. The van der Waals surface area contributed by atoms with Crippen LogP contribution in [0.4, 0.5) is 0 Å². The molecule has 15 heavy (non-hydrogen) atoms. The van der Waals surface area contributed by atoms with Crippen molar-refractivity contribution in [3.63, 3.8) is 0 Å². The Kier molecular flexibility index (Phi) is 4.86. The predicted molar refractivity (Wildman–Crippen MR) is 62.8 cm³/mol. The number of benzene rings is 1. The lowest BCUT2D eigenvalue weighted by Crippen LogP contribution is -1.96. The minimum atomic E-state index is -0.939. The van der Waals surface area contributed by atoms with Crippen LogP contribution in [-0.2, 0) is 0 Å². The number of thiol groups is 1. The summed E-state index contributed by atoms with van der Waals surface area (Å²) >= 11 is 5.56. The van der Waals surface area contributed by atoms with Gasteiger partial charge in [-0.05, 0) is 12.1 Å². The first-order valence-corrected chi connectivity index (χ1v) is 5.44. The first-order valence-electron chi connectivity index (χ1n) is 4.05. The zero-order valence-corrected chi connectivity index (χ0v) is 9.41. The Morgan fingerprint density at radius 2 is 2.13 bits per heavy atom. The SMILES string of the molecule is O=C(O)c1ccccc1S.c1cscn1. The van der Waals surface area contributed by atoms with E-state index >= 15 is 0 Å². The van der Waals surface area contributed by atoms with Gasteiger partial charge in [-0.3, -0.25) is 4.98 Å². The zero-order chi connectivity index (χ0) is 11.1. The lowest BCUT2D eigenvalue weighted by Gasteiger charge is -1.95. The minimum Gasteiger partial charge on any atom is -0.478 e. The van der Waals surface area contributed by atoms with Gasteiger partial charge in [0.2, 0.25) is 0 Å². The normalized spacial score (nSPS) is 8.87. The van der Waals surface area contributed by atoms with Crippen molar-refractivity contribution < 1.29 is 9.90 Å². The third-order valence-electron chi connectivity index (χ3n) is 1.48. The molecular formula is C10H9NO2S2. The standard InChI is InChI=1S/C7H6O2S.C3H3NS/c8-7(9)5-3-1-2-4-6(5)10;1-2-5-3-4-1/h1-4,10H,(H,8,9);1-3H. The molecule has 2 aromatic rings. The fourth-order valence-corrected chi connectivity index (χ4v) is 1.44. The number of carboxylic acid groups (broad SMARTS) is 1. The molecule has 0 radical (unpaired) electrons. The summed E-state index contributed by atoms with van der Waals surface area (Å²) in [5.41, 5.74) is 2.03. The minimum absolute atomic E-state index is 0.242. The molecule has 1 heterocycles. The number of nitrogens with zero attached hydrogens (tertiary/aromatic N) is 1. The fraction of sp³-hybridized carbons (Fsp3) is 0. The van der Waals surface area contributed by atoms with Crippen molar-refractivity contribution in [2.75, 3.05) is 0 Å². The van der Waals surface area contributed by atoms with E-state index in [2.05, 4.69) is 17.6 Å². The highest BCUT2D eigenvalue weighted by atomic mass is 32.1. The Hall–Kier alpha value is -1.33. The van der Waals surface area contributed by atoms with Gasteiger partial charge in [0.15, 0.2) is 0 Å². The lowest BCUT2D eigenvalue weighted by atomic mass is 10.2. The Labute approximate surface area is 96.8 Å². The van der Waals surface area contributed by atoms with E-state index in [1.54, 1.807) is 41.2 Å². The third kappa shape index (κ3) is 4.14. The molecule has 1 aromatic heterocycles. The highest BCUT2D eigenvalue weighted by Gasteiger charge is 2.03. The summed E-state index contributed by atoms with van der Waals surface area (Å²) in [6.45, 7) is 0. The number of aromatic nitrogens is 1. The molecule has 0 spiro atoms. The van der Waals surface area contributed by atoms with Crippen LogP contribution in [-0.4, -0.2) is 16.1 Å². The number of aromatic carboxylic acids is 1. The number of hydrogen-bond donors (Lipinski definition) is 2. The van der Waals surface area contributed by atoms with Crippen LogP contribution in [0.2, 0.25) is 0 Å². The van der Waals surface area contributed by atoms with E-state index in [9.17, 15) is 4.79 Å². The van der Waals surface area contributed by atoms with Crippen molar-refractivity contribution in [3.05, 3.63) is 46.9 Å². The second kappa shape index (κ2) is 6.21. The molecule has 2 rings (SSSR count). The molecule has 0 amide bonds. The summed E-state index contributed by atoms with van der Waals surface area (Å²) in [6, 6.07) is 6.58. The van der Waals surface area contributed by atoms with Crippen LogP contribution in [0.1, 0.15) is 10.4 Å². The molecular weight excluding hydrogens is 230 g/mol. The van der Waals surface area contributed by atoms with Crippen LogP contribution >= 0.6 is 24.0 Å².